The highest BCUT2D eigenvalue weighted by molar-refractivity contribution is 5.89. The van der Waals surface area contributed by atoms with Crippen molar-refractivity contribution in [1.82, 2.24) is 4.98 Å². The van der Waals surface area contributed by atoms with E-state index in [2.05, 4.69) is 11.6 Å². The molecule has 4 nitrogen and oxygen atoms in total. The number of fused-ring (bicyclic) bond motifs is 1. The monoisotopic (exact) mass is 245 g/mol. The lowest BCUT2D eigenvalue weighted by atomic mass is 10.1. The largest absolute Gasteiger partial charge is 0.508 e. The van der Waals surface area contributed by atoms with Crippen LogP contribution in [-0.2, 0) is 0 Å². The molecule has 0 aliphatic heterocycles. The van der Waals surface area contributed by atoms with Crippen LogP contribution >= 0.6 is 0 Å². The Kier molecular flexibility index (Phi) is 3.10. The molecular weight excluding hydrogens is 230 g/mol. The van der Waals surface area contributed by atoms with Crippen LogP contribution < -0.4 is 4.74 Å². The average molecular weight is 245 g/mol. The number of ether oxygens (including phenoxy) is 1. The Hall–Kier alpha value is -2.23. The molecule has 1 heterocycles. The standard InChI is InChI=1S/C14H15NO3/c1-8(2)18-14-12-7-11(17)5-4-10(12)6-13(15-14)9(3)16/h4-8,16-17H,3H2,1-2H3. The molecule has 1 aromatic carbocycles. The summed E-state index contributed by atoms with van der Waals surface area (Å²) in [6.07, 6.45) is -0.0507. The second kappa shape index (κ2) is 4.56. The first kappa shape index (κ1) is 12.2. The first-order valence-corrected chi connectivity index (χ1v) is 5.66. The van der Waals surface area contributed by atoms with E-state index in [1.54, 1.807) is 24.3 Å². The fourth-order valence-electron chi connectivity index (χ4n) is 1.67. The first-order valence-electron chi connectivity index (χ1n) is 5.66. The molecule has 94 valence electrons. The summed E-state index contributed by atoms with van der Waals surface area (Å²) in [5.74, 6) is 0.413. The van der Waals surface area contributed by atoms with Crippen molar-refractivity contribution in [2.45, 2.75) is 20.0 Å². The third-order valence-electron chi connectivity index (χ3n) is 2.42. The Balaban J connectivity index is 2.68. The van der Waals surface area contributed by atoms with Crippen LogP contribution in [0.4, 0.5) is 0 Å². The predicted octanol–water partition coefficient (Wildman–Crippen LogP) is 3.26. The van der Waals surface area contributed by atoms with E-state index < -0.39 is 0 Å². The minimum absolute atomic E-state index is 0.0507. The van der Waals surface area contributed by atoms with Crippen LogP contribution in [0.5, 0.6) is 11.6 Å². The van der Waals surface area contributed by atoms with E-state index in [1.165, 1.54) is 0 Å². The smallest absolute Gasteiger partial charge is 0.222 e. The van der Waals surface area contributed by atoms with Crippen LogP contribution in [0.15, 0.2) is 30.8 Å². The number of aliphatic hydroxyl groups excluding tert-OH is 1. The highest BCUT2D eigenvalue weighted by Gasteiger charge is 2.11. The molecule has 0 aliphatic rings. The van der Waals surface area contributed by atoms with Gasteiger partial charge in [-0.1, -0.05) is 12.6 Å². The summed E-state index contributed by atoms with van der Waals surface area (Å²) in [7, 11) is 0. The van der Waals surface area contributed by atoms with Gasteiger partial charge < -0.3 is 14.9 Å². The van der Waals surface area contributed by atoms with Crippen molar-refractivity contribution in [3.63, 3.8) is 0 Å². The van der Waals surface area contributed by atoms with E-state index >= 15 is 0 Å². The van der Waals surface area contributed by atoms with Gasteiger partial charge in [0.2, 0.25) is 5.88 Å². The summed E-state index contributed by atoms with van der Waals surface area (Å²) < 4.78 is 5.60. The van der Waals surface area contributed by atoms with Crippen molar-refractivity contribution in [2.75, 3.05) is 0 Å². The topological polar surface area (TPSA) is 62.6 Å². The number of phenolic OH excluding ortho intramolecular Hbond substituents is 1. The van der Waals surface area contributed by atoms with Gasteiger partial charge in [0.25, 0.3) is 0 Å². The zero-order chi connectivity index (χ0) is 13.3. The quantitative estimate of drug-likeness (QED) is 0.815. The van der Waals surface area contributed by atoms with Gasteiger partial charge in [0.1, 0.15) is 17.2 Å². The second-order valence-electron chi connectivity index (χ2n) is 4.33. The average Bonchev–Trinajstić information content (AvgIpc) is 2.28. The third-order valence-corrected chi connectivity index (χ3v) is 2.42. The molecule has 4 heteroatoms. The van der Waals surface area contributed by atoms with Crippen molar-refractivity contribution >= 4 is 16.5 Å². The number of pyridine rings is 1. The second-order valence-corrected chi connectivity index (χ2v) is 4.33. The molecule has 2 N–H and O–H groups in total. The molecule has 0 fully saturated rings. The predicted molar refractivity (Wildman–Crippen MR) is 70.8 cm³/mol. The van der Waals surface area contributed by atoms with Crippen LogP contribution in [0.1, 0.15) is 19.5 Å². The molecule has 0 spiro atoms. The molecule has 0 atom stereocenters. The minimum atomic E-state index is -0.112. The molecular formula is C14H15NO3. The Morgan fingerprint density at radius 3 is 2.67 bits per heavy atom. The molecule has 0 unspecified atom stereocenters. The van der Waals surface area contributed by atoms with Crippen molar-refractivity contribution in [3.8, 4) is 11.6 Å². The highest BCUT2D eigenvalue weighted by atomic mass is 16.5. The Bertz CT molecular complexity index is 605. The van der Waals surface area contributed by atoms with Gasteiger partial charge in [0.15, 0.2) is 0 Å². The third kappa shape index (κ3) is 2.37. The number of aromatic nitrogens is 1. The minimum Gasteiger partial charge on any atom is -0.508 e. The van der Waals surface area contributed by atoms with Crippen LogP contribution in [0.2, 0.25) is 0 Å². The van der Waals surface area contributed by atoms with E-state index in [4.69, 9.17) is 4.74 Å². The number of hydrogen-bond donors (Lipinski definition) is 2. The van der Waals surface area contributed by atoms with Gasteiger partial charge in [-0.15, -0.1) is 0 Å². The number of aliphatic hydroxyl groups is 1. The van der Waals surface area contributed by atoms with Gasteiger partial charge in [-0.2, -0.15) is 0 Å². The van der Waals surface area contributed by atoms with Gasteiger partial charge >= 0.3 is 0 Å². The molecule has 2 rings (SSSR count). The summed E-state index contributed by atoms with van der Waals surface area (Å²) in [6.45, 7) is 7.23. The van der Waals surface area contributed by atoms with Crippen LogP contribution in [-0.4, -0.2) is 21.3 Å². The maximum absolute atomic E-state index is 9.52. The lowest BCUT2D eigenvalue weighted by Crippen LogP contribution is -2.08. The van der Waals surface area contributed by atoms with E-state index in [1.807, 2.05) is 13.8 Å². The number of rotatable bonds is 3. The Morgan fingerprint density at radius 2 is 2.06 bits per heavy atom. The summed E-state index contributed by atoms with van der Waals surface area (Å²) in [5.41, 5.74) is 0.365. The van der Waals surface area contributed by atoms with Crippen LogP contribution in [0, 0.1) is 0 Å². The summed E-state index contributed by atoms with van der Waals surface area (Å²) in [6, 6.07) is 6.60. The normalized spacial score (nSPS) is 10.8. The summed E-state index contributed by atoms with van der Waals surface area (Å²) in [5, 5.41) is 20.5. The Morgan fingerprint density at radius 1 is 1.33 bits per heavy atom. The Labute approximate surface area is 105 Å². The van der Waals surface area contributed by atoms with Crippen molar-refractivity contribution in [2.24, 2.45) is 0 Å². The summed E-state index contributed by atoms with van der Waals surface area (Å²) in [4.78, 5) is 4.20. The SMILES string of the molecule is C=C(O)c1cc2ccc(O)cc2c(OC(C)C)n1. The number of nitrogens with zero attached hydrogens (tertiary/aromatic N) is 1. The molecule has 0 radical (unpaired) electrons. The van der Waals surface area contributed by atoms with E-state index in [0.29, 0.717) is 17.0 Å². The van der Waals surface area contributed by atoms with Crippen LogP contribution in [0.25, 0.3) is 16.5 Å². The van der Waals surface area contributed by atoms with Crippen LogP contribution in [0.3, 0.4) is 0 Å². The maximum atomic E-state index is 9.52. The van der Waals surface area contributed by atoms with Crippen molar-refractivity contribution in [1.29, 1.82) is 0 Å². The van der Waals surface area contributed by atoms with Gasteiger partial charge in [0.05, 0.1) is 6.10 Å². The van der Waals surface area contributed by atoms with Crippen molar-refractivity contribution in [3.05, 3.63) is 36.5 Å². The fourth-order valence-corrected chi connectivity index (χ4v) is 1.67. The fraction of sp³-hybridized carbons (Fsp3) is 0.214. The number of benzene rings is 1. The molecule has 0 amide bonds. The van der Waals surface area contributed by atoms with Crippen molar-refractivity contribution < 1.29 is 14.9 Å². The molecule has 2 aromatic rings. The van der Waals surface area contributed by atoms with Gasteiger partial charge in [-0.25, -0.2) is 4.98 Å². The molecule has 18 heavy (non-hydrogen) atoms. The summed E-state index contributed by atoms with van der Waals surface area (Å²) >= 11 is 0. The number of aromatic hydroxyl groups is 1. The van der Waals surface area contributed by atoms with Gasteiger partial charge in [-0.3, -0.25) is 0 Å². The zero-order valence-electron chi connectivity index (χ0n) is 10.3. The molecule has 0 saturated heterocycles. The van der Waals surface area contributed by atoms with E-state index in [9.17, 15) is 10.2 Å². The maximum Gasteiger partial charge on any atom is 0.222 e. The van der Waals surface area contributed by atoms with Gasteiger partial charge in [-0.05, 0) is 37.4 Å². The zero-order valence-corrected chi connectivity index (χ0v) is 10.3. The van der Waals surface area contributed by atoms with E-state index in [-0.39, 0.29) is 17.6 Å². The number of hydrogen-bond acceptors (Lipinski definition) is 4. The van der Waals surface area contributed by atoms with Gasteiger partial charge in [0, 0.05) is 5.39 Å². The number of phenols is 1. The lowest BCUT2D eigenvalue weighted by molar-refractivity contribution is 0.235. The van der Waals surface area contributed by atoms with E-state index in [0.717, 1.165) is 5.39 Å². The first-order chi connectivity index (χ1) is 8.47. The molecule has 0 bridgehead atoms. The molecule has 0 saturated carbocycles. The molecule has 0 aliphatic carbocycles. The molecule has 1 aromatic heterocycles. The lowest BCUT2D eigenvalue weighted by Gasteiger charge is -2.13. The highest BCUT2D eigenvalue weighted by Crippen LogP contribution is 2.29.